The molecule has 1 fully saturated rings. The maximum Gasteiger partial charge on any atom is 0.229 e. The van der Waals surface area contributed by atoms with Crippen LogP contribution in [0.4, 0.5) is 11.4 Å². The molecule has 0 bridgehead atoms. The van der Waals surface area contributed by atoms with Gasteiger partial charge >= 0.3 is 0 Å². The highest BCUT2D eigenvalue weighted by molar-refractivity contribution is 7.92. The van der Waals surface area contributed by atoms with E-state index in [1.807, 2.05) is 43.1 Å². The molecular formula is C22H25N5O3S2. The average Bonchev–Trinajstić information content (AvgIpc) is 3.26. The number of sulfonamides is 1. The van der Waals surface area contributed by atoms with Crippen molar-refractivity contribution in [1.29, 1.82) is 0 Å². The highest BCUT2D eigenvalue weighted by Gasteiger charge is 2.42. The number of rotatable bonds is 6. The standard InChI is InChI=1S/C22H25N5O3S2/c1-14-8-10-18(26(14)2)21-20(16-7-5-6-12-23-16)24-22(31)27(21)15-9-11-19(30-3)17(13-15)25-32(4,28)29/h5-13,20-21,25H,1-4H3,(H,24,31)/t20-,21+/m0/s1. The third-order valence-electron chi connectivity index (χ3n) is 5.57. The Balaban J connectivity index is 1.85. The summed E-state index contributed by atoms with van der Waals surface area (Å²) in [6.07, 6.45) is 2.87. The molecule has 1 aliphatic heterocycles. The SMILES string of the molecule is COc1ccc(N2C(=S)N[C@@H](c3ccccn3)[C@H]2c2ccc(C)n2C)cc1NS(C)(=O)=O. The summed E-state index contributed by atoms with van der Waals surface area (Å²) < 4.78 is 33.8. The van der Waals surface area contributed by atoms with Crippen molar-refractivity contribution >= 4 is 38.7 Å². The monoisotopic (exact) mass is 471 g/mol. The van der Waals surface area contributed by atoms with Crippen molar-refractivity contribution in [3.8, 4) is 5.75 Å². The van der Waals surface area contributed by atoms with E-state index in [9.17, 15) is 8.42 Å². The molecular weight excluding hydrogens is 446 g/mol. The van der Waals surface area contributed by atoms with Crippen molar-refractivity contribution < 1.29 is 13.2 Å². The van der Waals surface area contributed by atoms with E-state index in [0.717, 1.165) is 29.0 Å². The van der Waals surface area contributed by atoms with Gasteiger partial charge in [0.15, 0.2) is 5.11 Å². The lowest BCUT2D eigenvalue weighted by molar-refractivity contribution is 0.417. The van der Waals surface area contributed by atoms with E-state index in [0.29, 0.717) is 16.5 Å². The van der Waals surface area contributed by atoms with Gasteiger partial charge in [0, 0.05) is 30.3 Å². The van der Waals surface area contributed by atoms with Gasteiger partial charge in [-0.05, 0) is 61.6 Å². The second-order valence-corrected chi connectivity index (χ2v) is 9.85. The molecule has 8 nitrogen and oxygen atoms in total. The Morgan fingerprint density at radius 3 is 2.56 bits per heavy atom. The number of aryl methyl sites for hydroxylation is 1. The van der Waals surface area contributed by atoms with Gasteiger partial charge in [-0.2, -0.15) is 0 Å². The van der Waals surface area contributed by atoms with Crippen LogP contribution in [-0.2, 0) is 17.1 Å². The molecule has 1 saturated heterocycles. The molecule has 1 aliphatic rings. The number of thiocarbonyl (C=S) groups is 1. The quantitative estimate of drug-likeness (QED) is 0.534. The van der Waals surface area contributed by atoms with Gasteiger partial charge in [0.2, 0.25) is 10.0 Å². The smallest absolute Gasteiger partial charge is 0.229 e. The summed E-state index contributed by atoms with van der Waals surface area (Å²) in [6.45, 7) is 2.05. The lowest BCUT2D eigenvalue weighted by Gasteiger charge is -2.29. The fourth-order valence-corrected chi connectivity index (χ4v) is 4.89. The molecule has 0 radical (unpaired) electrons. The third kappa shape index (κ3) is 4.15. The molecule has 1 aromatic carbocycles. The fourth-order valence-electron chi connectivity index (χ4n) is 3.99. The van der Waals surface area contributed by atoms with Crippen LogP contribution in [0.25, 0.3) is 0 Å². The maximum atomic E-state index is 11.9. The third-order valence-corrected chi connectivity index (χ3v) is 6.47. The van der Waals surface area contributed by atoms with Crippen molar-refractivity contribution in [2.75, 3.05) is 23.0 Å². The molecule has 0 unspecified atom stereocenters. The van der Waals surface area contributed by atoms with E-state index in [4.69, 9.17) is 17.0 Å². The summed E-state index contributed by atoms with van der Waals surface area (Å²) in [6, 6.07) is 14.9. The zero-order valence-corrected chi connectivity index (χ0v) is 19.9. The fraction of sp³-hybridized carbons (Fsp3) is 0.273. The first-order chi connectivity index (χ1) is 15.2. The molecule has 0 amide bonds. The van der Waals surface area contributed by atoms with Crippen LogP contribution >= 0.6 is 12.2 Å². The summed E-state index contributed by atoms with van der Waals surface area (Å²) in [5.74, 6) is 0.421. The minimum atomic E-state index is -3.50. The number of anilines is 2. The lowest BCUT2D eigenvalue weighted by atomic mass is 10.0. The number of methoxy groups -OCH3 is 1. The van der Waals surface area contributed by atoms with E-state index in [2.05, 4.69) is 31.7 Å². The minimum absolute atomic E-state index is 0.190. The largest absolute Gasteiger partial charge is 0.495 e. The van der Waals surface area contributed by atoms with Crippen molar-refractivity contribution in [2.24, 2.45) is 7.05 Å². The minimum Gasteiger partial charge on any atom is -0.495 e. The van der Waals surface area contributed by atoms with Crippen LogP contribution in [0.1, 0.15) is 29.2 Å². The number of ether oxygens (including phenoxy) is 1. The predicted octanol–water partition coefficient (Wildman–Crippen LogP) is 3.29. The normalized spacial score (nSPS) is 18.5. The van der Waals surface area contributed by atoms with Crippen LogP contribution in [0.15, 0.2) is 54.7 Å². The second-order valence-electron chi connectivity index (χ2n) is 7.71. The molecule has 0 aliphatic carbocycles. The zero-order valence-electron chi connectivity index (χ0n) is 18.2. The number of nitrogens with one attached hydrogen (secondary N) is 2. The van der Waals surface area contributed by atoms with Crippen LogP contribution in [0.3, 0.4) is 0 Å². The van der Waals surface area contributed by atoms with Crippen LogP contribution in [0, 0.1) is 6.92 Å². The highest BCUT2D eigenvalue weighted by Crippen LogP contribution is 2.43. The first-order valence-electron chi connectivity index (χ1n) is 9.98. The van der Waals surface area contributed by atoms with Crippen LogP contribution in [0.5, 0.6) is 5.75 Å². The molecule has 4 rings (SSSR count). The Bertz CT molecular complexity index is 1260. The molecule has 0 spiro atoms. The topological polar surface area (TPSA) is 88.5 Å². The van der Waals surface area contributed by atoms with Gasteiger partial charge in [-0.3, -0.25) is 9.71 Å². The van der Waals surface area contributed by atoms with E-state index < -0.39 is 10.0 Å². The predicted molar refractivity (Wildman–Crippen MR) is 130 cm³/mol. The van der Waals surface area contributed by atoms with Crippen LogP contribution in [-0.4, -0.2) is 36.4 Å². The van der Waals surface area contributed by atoms with E-state index >= 15 is 0 Å². The molecule has 2 aromatic heterocycles. The molecule has 2 atom stereocenters. The summed E-state index contributed by atoms with van der Waals surface area (Å²) in [5.41, 5.74) is 4.12. The van der Waals surface area contributed by atoms with E-state index in [-0.39, 0.29) is 12.1 Å². The summed E-state index contributed by atoms with van der Waals surface area (Å²) >= 11 is 5.75. The molecule has 10 heteroatoms. The summed E-state index contributed by atoms with van der Waals surface area (Å²) in [4.78, 5) is 6.56. The maximum absolute atomic E-state index is 11.9. The zero-order chi connectivity index (χ0) is 23.0. The van der Waals surface area contributed by atoms with Gasteiger partial charge in [-0.15, -0.1) is 0 Å². The van der Waals surface area contributed by atoms with Gasteiger partial charge < -0.3 is 19.5 Å². The Morgan fingerprint density at radius 1 is 1.19 bits per heavy atom. The van der Waals surface area contributed by atoms with Gasteiger partial charge in [0.25, 0.3) is 0 Å². The van der Waals surface area contributed by atoms with Crippen LogP contribution < -0.4 is 19.7 Å². The molecule has 168 valence electrons. The number of pyridine rings is 1. The lowest BCUT2D eigenvalue weighted by Crippen LogP contribution is -2.30. The molecule has 32 heavy (non-hydrogen) atoms. The van der Waals surface area contributed by atoms with Gasteiger partial charge in [0.1, 0.15) is 11.8 Å². The first-order valence-corrected chi connectivity index (χ1v) is 12.3. The van der Waals surface area contributed by atoms with E-state index in [1.54, 1.807) is 18.3 Å². The first kappa shape index (κ1) is 22.1. The van der Waals surface area contributed by atoms with Gasteiger partial charge in [-0.1, -0.05) is 6.07 Å². The number of hydrogen-bond acceptors (Lipinski definition) is 5. The second kappa shape index (κ2) is 8.44. The highest BCUT2D eigenvalue weighted by atomic mass is 32.2. The molecule has 3 heterocycles. The average molecular weight is 472 g/mol. The number of nitrogens with zero attached hydrogens (tertiary/aromatic N) is 3. The Morgan fingerprint density at radius 2 is 1.97 bits per heavy atom. The van der Waals surface area contributed by atoms with E-state index in [1.165, 1.54) is 7.11 Å². The number of hydrogen-bond donors (Lipinski definition) is 2. The Labute approximate surface area is 193 Å². The summed E-state index contributed by atoms with van der Waals surface area (Å²) in [5, 5.41) is 3.94. The summed E-state index contributed by atoms with van der Waals surface area (Å²) in [7, 11) is 0.0179. The van der Waals surface area contributed by atoms with Gasteiger partial charge in [-0.25, -0.2) is 8.42 Å². The Kier molecular flexibility index (Phi) is 5.83. The Hall–Kier alpha value is -3.11. The molecule has 2 N–H and O–H groups in total. The van der Waals surface area contributed by atoms with Crippen molar-refractivity contribution in [3.63, 3.8) is 0 Å². The number of benzene rings is 1. The molecule has 3 aromatic rings. The molecule has 0 saturated carbocycles. The van der Waals surface area contributed by atoms with Gasteiger partial charge in [0.05, 0.1) is 30.8 Å². The van der Waals surface area contributed by atoms with Crippen molar-refractivity contribution in [2.45, 2.75) is 19.0 Å². The van der Waals surface area contributed by atoms with Crippen molar-refractivity contribution in [1.82, 2.24) is 14.9 Å². The number of aromatic nitrogens is 2. The van der Waals surface area contributed by atoms with Crippen molar-refractivity contribution in [3.05, 3.63) is 71.8 Å². The van der Waals surface area contributed by atoms with Crippen LogP contribution in [0.2, 0.25) is 0 Å².